The quantitative estimate of drug-likeness (QED) is 0.184. The molecular formula is C34H28F2N4O4S. The van der Waals surface area contributed by atoms with Crippen molar-refractivity contribution in [1.29, 1.82) is 0 Å². The highest BCUT2D eigenvalue weighted by Gasteiger charge is 2.24. The molecule has 0 spiro atoms. The first-order valence-corrected chi connectivity index (χ1v) is 15.1. The molecule has 45 heavy (non-hydrogen) atoms. The van der Waals surface area contributed by atoms with E-state index < -0.39 is 11.6 Å². The van der Waals surface area contributed by atoms with E-state index in [-0.39, 0.29) is 18.0 Å². The number of amides is 1. The minimum atomic E-state index is -0.436. The fourth-order valence-electron chi connectivity index (χ4n) is 5.35. The van der Waals surface area contributed by atoms with Gasteiger partial charge in [-0.2, -0.15) is 0 Å². The number of furan rings is 1. The molecule has 1 amide bonds. The molecule has 1 N–H and O–H groups in total. The van der Waals surface area contributed by atoms with Gasteiger partial charge >= 0.3 is 0 Å². The number of anilines is 1. The third kappa shape index (κ3) is 5.51. The number of ether oxygens (including phenoxy) is 1. The van der Waals surface area contributed by atoms with Crippen molar-refractivity contribution in [3.05, 3.63) is 112 Å². The highest BCUT2D eigenvalue weighted by atomic mass is 32.2. The standard InChI is InChI=1S/C34H28F2N4O4S/c1-37-33(41)31-26-15-24(28(39(2)45-4)16-30(26)44-32(31)19-5-9-22(35)10-6-19)20-8-12-27-25(13-20)34(42)40(18-38-27)17-21-7-11-23(36)14-29(21)43-3/h5-16,18H,17H2,1-4H3,(H,37,41). The zero-order valence-corrected chi connectivity index (χ0v) is 25.7. The van der Waals surface area contributed by atoms with Crippen LogP contribution in [0.4, 0.5) is 14.5 Å². The number of methoxy groups -OCH3 is 1. The molecule has 0 saturated carbocycles. The second-order valence-corrected chi connectivity index (χ2v) is 11.2. The summed E-state index contributed by atoms with van der Waals surface area (Å²) in [5, 5.41) is 3.64. The third-order valence-electron chi connectivity index (χ3n) is 7.70. The molecule has 2 aromatic heterocycles. The molecule has 0 aliphatic rings. The van der Waals surface area contributed by atoms with Crippen molar-refractivity contribution in [2.75, 3.05) is 31.8 Å². The average Bonchev–Trinajstić information content (AvgIpc) is 3.44. The highest BCUT2D eigenvalue weighted by Crippen LogP contribution is 2.42. The molecule has 228 valence electrons. The largest absolute Gasteiger partial charge is 0.496 e. The number of halogens is 2. The Kier molecular flexibility index (Phi) is 8.03. The Morgan fingerprint density at radius 1 is 1.00 bits per heavy atom. The van der Waals surface area contributed by atoms with Crippen molar-refractivity contribution in [3.8, 4) is 28.2 Å². The molecule has 8 nitrogen and oxygen atoms in total. The number of nitrogens with one attached hydrogen (secondary N) is 1. The number of carbonyl (C=O) groups is 1. The highest BCUT2D eigenvalue weighted by molar-refractivity contribution is 7.99. The molecule has 0 bridgehead atoms. The zero-order chi connectivity index (χ0) is 31.8. The number of hydrogen-bond donors (Lipinski definition) is 1. The fourth-order valence-corrected chi connectivity index (χ4v) is 5.70. The minimum Gasteiger partial charge on any atom is -0.496 e. The van der Waals surface area contributed by atoms with Crippen LogP contribution in [-0.2, 0) is 6.54 Å². The van der Waals surface area contributed by atoms with E-state index in [1.807, 2.05) is 35.8 Å². The molecule has 11 heteroatoms. The number of hydrogen-bond acceptors (Lipinski definition) is 7. The van der Waals surface area contributed by atoms with Gasteiger partial charge in [-0.1, -0.05) is 24.1 Å². The van der Waals surface area contributed by atoms with Gasteiger partial charge in [0.1, 0.15) is 28.7 Å². The van der Waals surface area contributed by atoms with Crippen LogP contribution in [0.3, 0.4) is 0 Å². The van der Waals surface area contributed by atoms with Crippen LogP contribution in [0.5, 0.6) is 5.75 Å². The van der Waals surface area contributed by atoms with Gasteiger partial charge in [0.15, 0.2) is 0 Å². The van der Waals surface area contributed by atoms with E-state index in [0.29, 0.717) is 50.1 Å². The van der Waals surface area contributed by atoms with Gasteiger partial charge in [-0.25, -0.2) is 13.8 Å². The van der Waals surface area contributed by atoms with Crippen LogP contribution in [0.25, 0.3) is 44.3 Å². The van der Waals surface area contributed by atoms with Crippen molar-refractivity contribution in [3.63, 3.8) is 0 Å². The van der Waals surface area contributed by atoms with Crippen LogP contribution in [0.2, 0.25) is 0 Å². The van der Waals surface area contributed by atoms with Gasteiger partial charge in [-0.05, 0) is 54.1 Å². The Bertz CT molecular complexity index is 2140. The van der Waals surface area contributed by atoms with Gasteiger partial charge < -0.3 is 18.8 Å². The molecule has 6 aromatic rings. The van der Waals surface area contributed by atoms with Crippen LogP contribution in [0.15, 0.2) is 88.3 Å². The molecule has 0 radical (unpaired) electrons. The lowest BCUT2D eigenvalue weighted by atomic mass is 9.97. The number of carbonyl (C=O) groups excluding carboxylic acids is 1. The lowest BCUT2D eigenvalue weighted by molar-refractivity contribution is 0.0964. The summed E-state index contributed by atoms with van der Waals surface area (Å²) in [7, 11) is 4.89. The van der Waals surface area contributed by atoms with Gasteiger partial charge in [0.05, 0.1) is 42.1 Å². The Labute approximate surface area is 261 Å². The van der Waals surface area contributed by atoms with E-state index in [0.717, 1.165) is 16.8 Å². The number of fused-ring (bicyclic) bond motifs is 2. The Morgan fingerprint density at radius 2 is 1.73 bits per heavy atom. The minimum absolute atomic E-state index is 0.137. The molecule has 0 atom stereocenters. The van der Waals surface area contributed by atoms with E-state index in [1.165, 1.54) is 61.3 Å². The van der Waals surface area contributed by atoms with Crippen LogP contribution >= 0.6 is 11.9 Å². The van der Waals surface area contributed by atoms with Gasteiger partial charge in [0.2, 0.25) is 0 Å². The third-order valence-corrected chi connectivity index (χ3v) is 8.45. The van der Waals surface area contributed by atoms with Crippen molar-refractivity contribution < 1.29 is 22.7 Å². The first kappa shape index (κ1) is 29.9. The first-order chi connectivity index (χ1) is 21.7. The molecule has 2 heterocycles. The molecule has 4 aromatic carbocycles. The summed E-state index contributed by atoms with van der Waals surface area (Å²) < 4.78 is 42.5. The van der Waals surface area contributed by atoms with Crippen molar-refractivity contribution in [2.24, 2.45) is 0 Å². The van der Waals surface area contributed by atoms with Crippen molar-refractivity contribution in [1.82, 2.24) is 14.9 Å². The monoisotopic (exact) mass is 626 g/mol. The smallest absolute Gasteiger partial charge is 0.261 e. The summed E-state index contributed by atoms with van der Waals surface area (Å²) in [5.41, 5.74) is 4.49. The molecule has 0 aliphatic heterocycles. The Hall–Kier alpha value is -5.16. The first-order valence-electron chi connectivity index (χ1n) is 13.9. The predicted octanol–water partition coefficient (Wildman–Crippen LogP) is 6.89. The van der Waals surface area contributed by atoms with E-state index in [4.69, 9.17) is 9.15 Å². The maximum atomic E-state index is 13.8. The van der Waals surface area contributed by atoms with E-state index in [9.17, 15) is 18.4 Å². The lowest BCUT2D eigenvalue weighted by Gasteiger charge is -2.20. The number of benzene rings is 4. The maximum absolute atomic E-state index is 13.8. The van der Waals surface area contributed by atoms with Crippen LogP contribution in [-0.4, -0.2) is 42.9 Å². The summed E-state index contributed by atoms with van der Waals surface area (Å²) in [5.74, 6) is -0.535. The summed E-state index contributed by atoms with van der Waals surface area (Å²) in [6.07, 6.45) is 3.40. The van der Waals surface area contributed by atoms with Crippen LogP contribution < -0.4 is 19.9 Å². The van der Waals surface area contributed by atoms with Gasteiger partial charge in [-0.15, -0.1) is 0 Å². The van der Waals surface area contributed by atoms with Crippen LogP contribution in [0.1, 0.15) is 15.9 Å². The number of rotatable bonds is 8. The average molecular weight is 627 g/mol. The lowest BCUT2D eigenvalue weighted by Crippen LogP contribution is -2.21. The van der Waals surface area contributed by atoms with Gasteiger partial charge in [-0.3, -0.25) is 14.2 Å². The van der Waals surface area contributed by atoms with Crippen molar-refractivity contribution in [2.45, 2.75) is 6.54 Å². The second kappa shape index (κ2) is 12.1. The summed E-state index contributed by atoms with van der Waals surface area (Å²) in [4.78, 5) is 31.4. The van der Waals surface area contributed by atoms with Gasteiger partial charge in [0, 0.05) is 54.6 Å². The maximum Gasteiger partial charge on any atom is 0.261 e. The zero-order valence-electron chi connectivity index (χ0n) is 24.9. The summed E-state index contributed by atoms with van der Waals surface area (Å²) in [6.45, 7) is 0.137. The van der Waals surface area contributed by atoms with Gasteiger partial charge in [0.25, 0.3) is 11.5 Å². The summed E-state index contributed by atoms with van der Waals surface area (Å²) in [6, 6.07) is 19.1. The Morgan fingerprint density at radius 3 is 2.44 bits per heavy atom. The molecule has 0 unspecified atom stereocenters. The normalized spacial score (nSPS) is 11.2. The molecule has 6 rings (SSSR count). The SMILES string of the molecule is CNC(=O)c1c(-c2ccc(F)cc2)oc2cc(N(C)SC)c(-c3ccc4ncn(Cc5ccc(F)cc5OC)c(=O)c4c3)cc12. The van der Waals surface area contributed by atoms with Crippen molar-refractivity contribution >= 4 is 45.4 Å². The fraction of sp³-hybridized carbons (Fsp3) is 0.147. The number of aromatic nitrogens is 2. The molecular weight excluding hydrogens is 598 g/mol. The van der Waals surface area contributed by atoms with E-state index in [1.54, 1.807) is 30.3 Å². The Balaban J connectivity index is 1.54. The predicted molar refractivity (Wildman–Crippen MR) is 174 cm³/mol. The van der Waals surface area contributed by atoms with E-state index in [2.05, 4.69) is 10.3 Å². The van der Waals surface area contributed by atoms with Crippen LogP contribution in [0, 0.1) is 11.6 Å². The summed E-state index contributed by atoms with van der Waals surface area (Å²) >= 11 is 1.48. The number of nitrogens with zero attached hydrogens (tertiary/aromatic N) is 3. The topological polar surface area (TPSA) is 89.6 Å². The molecule has 0 aliphatic carbocycles. The molecule has 0 fully saturated rings. The molecule has 0 saturated heterocycles. The van der Waals surface area contributed by atoms with E-state index >= 15 is 0 Å². The second-order valence-electron chi connectivity index (χ2n) is 10.3.